The molecule has 2 N–H and O–H groups in total. The van der Waals surface area contributed by atoms with E-state index in [1.54, 1.807) is 30.3 Å². The van der Waals surface area contributed by atoms with Gasteiger partial charge in [0, 0.05) is 28.1 Å². The standard InChI is InChI=1S/C29H32N4O6S.2H2/c34-28(29(11-12-29)22-7-10-25-26(19-22)39-20-38-25)32-27-4-1-3-24(31-27)21-5-8-23(9-6-21)40(35,36)30-13-2-14-33-15-17-37-18-16-33;;/h1,3-10,19,30H,2,11-18,20H2,(H,31,32,34);2*1H. The third kappa shape index (κ3) is 5.68. The topological polar surface area (TPSA) is 119 Å². The van der Waals surface area contributed by atoms with Crippen LogP contribution in [0.25, 0.3) is 11.3 Å². The molecular weight excluding hydrogens is 532 g/mol. The maximum atomic E-state index is 13.3. The molecule has 2 aromatic carbocycles. The first-order valence-electron chi connectivity index (χ1n) is 13.5. The van der Waals surface area contributed by atoms with Gasteiger partial charge in [0.05, 0.1) is 29.2 Å². The molecule has 1 amide bonds. The van der Waals surface area contributed by atoms with Crippen LogP contribution in [0, 0.1) is 0 Å². The summed E-state index contributed by atoms with van der Waals surface area (Å²) in [6.45, 7) is 4.61. The maximum Gasteiger partial charge on any atom is 0.240 e. The number of amides is 1. The lowest BCUT2D eigenvalue weighted by molar-refractivity contribution is -0.118. The van der Waals surface area contributed by atoms with Crippen molar-refractivity contribution in [1.82, 2.24) is 14.6 Å². The zero-order valence-electron chi connectivity index (χ0n) is 22.1. The van der Waals surface area contributed by atoms with E-state index in [4.69, 9.17) is 14.2 Å². The molecule has 40 heavy (non-hydrogen) atoms. The van der Waals surface area contributed by atoms with Gasteiger partial charge in [-0.1, -0.05) is 24.3 Å². The fourth-order valence-corrected chi connectivity index (χ4v) is 6.16. The minimum atomic E-state index is -3.61. The molecule has 0 bridgehead atoms. The monoisotopic (exact) mass is 568 g/mol. The van der Waals surface area contributed by atoms with Crippen molar-refractivity contribution >= 4 is 21.7 Å². The summed E-state index contributed by atoms with van der Waals surface area (Å²) in [5, 5.41) is 2.97. The number of aromatic nitrogens is 1. The van der Waals surface area contributed by atoms with Crippen LogP contribution in [-0.2, 0) is 25.0 Å². The number of sulfonamides is 1. The minimum Gasteiger partial charge on any atom is -0.454 e. The Morgan fingerprint density at radius 1 is 1.00 bits per heavy atom. The van der Waals surface area contributed by atoms with E-state index in [2.05, 4.69) is 19.9 Å². The van der Waals surface area contributed by atoms with E-state index < -0.39 is 15.4 Å². The van der Waals surface area contributed by atoms with E-state index in [1.807, 2.05) is 30.3 Å². The highest BCUT2D eigenvalue weighted by Crippen LogP contribution is 2.51. The lowest BCUT2D eigenvalue weighted by Crippen LogP contribution is -2.38. The summed E-state index contributed by atoms with van der Waals surface area (Å²) in [6, 6.07) is 17.6. The Hall–Kier alpha value is -3.51. The molecule has 2 aliphatic heterocycles. The number of hydrogen-bond acceptors (Lipinski definition) is 8. The predicted molar refractivity (Wildman–Crippen MR) is 153 cm³/mol. The molecule has 11 heteroatoms. The zero-order chi connectivity index (χ0) is 27.6. The summed E-state index contributed by atoms with van der Waals surface area (Å²) in [6.07, 6.45) is 2.22. The largest absolute Gasteiger partial charge is 0.454 e. The van der Waals surface area contributed by atoms with Crippen molar-refractivity contribution in [2.75, 3.05) is 51.5 Å². The number of carbonyl (C=O) groups is 1. The van der Waals surface area contributed by atoms with Crippen molar-refractivity contribution in [3.8, 4) is 22.8 Å². The van der Waals surface area contributed by atoms with Crippen LogP contribution in [0.15, 0.2) is 65.6 Å². The number of hydrogen-bond donors (Lipinski definition) is 2. The molecule has 0 atom stereocenters. The predicted octanol–water partition coefficient (Wildman–Crippen LogP) is 3.64. The number of ether oxygens (including phenoxy) is 3. The number of nitrogens with one attached hydrogen (secondary N) is 2. The molecule has 3 aliphatic rings. The minimum absolute atomic E-state index is 0. The van der Waals surface area contributed by atoms with Gasteiger partial charge < -0.3 is 19.5 Å². The molecule has 0 radical (unpaired) electrons. The van der Waals surface area contributed by atoms with Crippen molar-refractivity contribution in [2.24, 2.45) is 0 Å². The summed E-state index contributed by atoms with van der Waals surface area (Å²) in [5.74, 6) is 1.67. The summed E-state index contributed by atoms with van der Waals surface area (Å²) >= 11 is 0. The summed E-state index contributed by atoms with van der Waals surface area (Å²) < 4.78 is 44.4. The third-order valence-electron chi connectivity index (χ3n) is 7.61. The lowest BCUT2D eigenvalue weighted by Gasteiger charge is -2.26. The fourth-order valence-electron chi connectivity index (χ4n) is 5.09. The van der Waals surface area contributed by atoms with Gasteiger partial charge in [0.2, 0.25) is 22.7 Å². The second-order valence-corrected chi connectivity index (χ2v) is 12.0. The number of morpholine rings is 1. The molecule has 0 unspecified atom stereocenters. The molecule has 3 heterocycles. The Morgan fingerprint density at radius 2 is 1.77 bits per heavy atom. The quantitative estimate of drug-likeness (QED) is 0.356. The first-order valence-corrected chi connectivity index (χ1v) is 15.0. The van der Waals surface area contributed by atoms with Crippen LogP contribution in [0.3, 0.4) is 0 Å². The first kappa shape index (κ1) is 26.7. The van der Waals surface area contributed by atoms with Crippen molar-refractivity contribution in [1.29, 1.82) is 0 Å². The first-order chi connectivity index (χ1) is 19.4. The summed E-state index contributed by atoms with van der Waals surface area (Å²) in [5.41, 5.74) is 1.67. The molecular formula is C29H36N4O6S. The highest BCUT2D eigenvalue weighted by atomic mass is 32.2. The number of rotatable bonds is 10. The van der Waals surface area contributed by atoms with Crippen LogP contribution < -0.4 is 19.5 Å². The average Bonchev–Trinajstić information content (AvgIpc) is 3.67. The van der Waals surface area contributed by atoms with Crippen molar-refractivity contribution < 1.29 is 30.3 Å². The lowest BCUT2D eigenvalue weighted by atomic mass is 9.94. The second kappa shape index (κ2) is 11.2. The summed E-state index contributed by atoms with van der Waals surface area (Å²) in [4.78, 5) is 20.4. The number of anilines is 1. The summed E-state index contributed by atoms with van der Waals surface area (Å²) in [7, 11) is -3.61. The Bertz CT molecular complexity index is 1500. The Balaban J connectivity index is 0.00000202. The van der Waals surface area contributed by atoms with Crippen molar-refractivity contribution in [3.05, 3.63) is 66.2 Å². The van der Waals surface area contributed by atoms with Gasteiger partial charge in [0.15, 0.2) is 11.5 Å². The van der Waals surface area contributed by atoms with Gasteiger partial charge in [-0.25, -0.2) is 18.1 Å². The van der Waals surface area contributed by atoms with Gasteiger partial charge in [-0.2, -0.15) is 0 Å². The molecule has 214 valence electrons. The molecule has 10 nitrogen and oxygen atoms in total. The molecule has 1 aromatic heterocycles. The number of pyridine rings is 1. The normalized spacial score (nSPS) is 17.9. The average molecular weight is 569 g/mol. The molecule has 0 spiro atoms. The van der Waals surface area contributed by atoms with Crippen LogP contribution in [0.5, 0.6) is 11.5 Å². The van der Waals surface area contributed by atoms with Gasteiger partial charge in [-0.05, 0) is 67.8 Å². The highest BCUT2D eigenvalue weighted by molar-refractivity contribution is 7.89. The SMILES string of the molecule is O=C(Nc1cccc(-c2ccc(S(=O)(=O)NCCCN3CCOCC3)cc2)n1)C1(c2ccc3c(c2)OCO3)CC1.[HH].[HH]. The smallest absolute Gasteiger partial charge is 0.240 e. The molecule has 2 fully saturated rings. The molecule has 1 saturated carbocycles. The van der Waals surface area contributed by atoms with Gasteiger partial charge in [-0.3, -0.25) is 9.69 Å². The number of nitrogens with zero attached hydrogens (tertiary/aromatic N) is 2. The van der Waals surface area contributed by atoms with E-state index in [0.29, 0.717) is 29.6 Å². The molecule has 6 rings (SSSR count). The highest BCUT2D eigenvalue weighted by Gasteiger charge is 2.51. The Kier molecular flexibility index (Phi) is 7.45. The number of fused-ring (bicyclic) bond motifs is 1. The maximum absolute atomic E-state index is 13.3. The van der Waals surface area contributed by atoms with Crippen molar-refractivity contribution in [2.45, 2.75) is 29.6 Å². The molecule has 3 aromatic rings. The van der Waals surface area contributed by atoms with Crippen LogP contribution in [0.2, 0.25) is 0 Å². The Labute approximate surface area is 236 Å². The van der Waals surface area contributed by atoms with E-state index in [0.717, 1.165) is 63.2 Å². The third-order valence-corrected chi connectivity index (χ3v) is 9.08. The number of benzene rings is 2. The van der Waals surface area contributed by atoms with E-state index in [1.165, 1.54) is 0 Å². The Morgan fingerprint density at radius 3 is 2.55 bits per heavy atom. The van der Waals surface area contributed by atoms with Gasteiger partial charge >= 0.3 is 0 Å². The van der Waals surface area contributed by atoms with Crippen LogP contribution >= 0.6 is 0 Å². The van der Waals surface area contributed by atoms with E-state index in [9.17, 15) is 13.2 Å². The molecule has 1 aliphatic carbocycles. The second-order valence-electron chi connectivity index (χ2n) is 10.2. The van der Waals surface area contributed by atoms with E-state index >= 15 is 0 Å². The van der Waals surface area contributed by atoms with Gasteiger partial charge in [0.1, 0.15) is 5.82 Å². The van der Waals surface area contributed by atoms with Crippen LogP contribution in [0.4, 0.5) is 5.82 Å². The van der Waals surface area contributed by atoms with Gasteiger partial charge in [0.25, 0.3) is 0 Å². The van der Waals surface area contributed by atoms with Gasteiger partial charge in [-0.15, -0.1) is 0 Å². The zero-order valence-corrected chi connectivity index (χ0v) is 22.9. The fraction of sp³-hybridized carbons (Fsp3) is 0.379. The molecule has 1 saturated heterocycles. The number of carbonyl (C=O) groups excluding carboxylic acids is 1. The van der Waals surface area contributed by atoms with Crippen LogP contribution in [-0.4, -0.2) is 70.4 Å². The van der Waals surface area contributed by atoms with Crippen LogP contribution in [0.1, 0.15) is 27.7 Å². The van der Waals surface area contributed by atoms with E-state index in [-0.39, 0.29) is 20.4 Å². The van der Waals surface area contributed by atoms with Crippen molar-refractivity contribution in [3.63, 3.8) is 0 Å².